The van der Waals surface area contributed by atoms with E-state index in [0.717, 1.165) is 0 Å². The summed E-state index contributed by atoms with van der Waals surface area (Å²) in [6.07, 6.45) is 2.50. The molecule has 0 aromatic carbocycles. The van der Waals surface area contributed by atoms with E-state index in [1.54, 1.807) is 12.3 Å². The monoisotopic (exact) mass is 287 g/mol. The number of hydrogen-bond acceptors (Lipinski definition) is 6. The lowest BCUT2D eigenvalue weighted by atomic mass is 9.96. The highest BCUT2D eigenvalue weighted by Gasteiger charge is 2.40. The third kappa shape index (κ3) is 7.01. The molecule has 0 bridgehead atoms. The predicted octanol–water partition coefficient (Wildman–Crippen LogP) is -1.05. The average Bonchev–Trinajstić information content (AvgIpc) is 2.28. The van der Waals surface area contributed by atoms with Gasteiger partial charge in [-0.25, -0.2) is 4.79 Å². The summed E-state index contributed by atoms with van der Waals surface area (Å²) in [7, 11) is 0. The summed E-state index contributed by atoms with van der Waals surface area (Å²) in [5.74, 6) is -4.93. The van der Waals surface area contributed by atoms with Gasteiger partial charge in [0.2, 0.25) is 0 Å². The molecule has 1 rings (SSSR count). The fourth-order valence-electron chi connectivity index (χ4n) is 1.12. The van der Waals surface area contributed by atoms with Crippen LogP contribution < -0.4 is 0 Å². The maximum atomic E-state index is 10.3. The second-order valence-corrected chi connectivity index (χ2v) is 3.79. The first-order valence-corrected chi connectivity index (χ1v) is 5.26. The summed E-state index contributed by atoms with van der Waals surface area (Å²) in [5, 5.41) is 33.8. The fraction of sp³-hybridized carbons (Fsp3) is 0.364. The van der Waals surface area contributed by atoms with Crippen molar-refractivity contribution in [1.82, 2.24) is 0 Å². The zero-order chi connectivity index (χ0) is 15.8. The number of hydrogen-bond donors (Lipinski definition) is 4. The van der Waals surface area contributed by atoms with Crippen LogP contribution in [0.1, 0.15) is 12.8 Å². The standard InChI is InChI=1S/C6H8O7.C5H5NO/c7-3(8)1-6(13,5(11)12)2-4(9)10;7-5-2-1-3-6-4-5/h13H,1-2H2,(H,7,8)(H,9,10)(H,11,12);1-3H,4H2. The van der Waals surface area contributed by atoms with Crippen LogP contribution in [0.15, 0.2) is 17.1 Å². The molecule has 9 heteroatoms. The van der Waals surface area contributed by atoms with E-state index in [1.807, 2.05) is 0 Å². The van der Waals surface area contributed by atoms with Crippen molar-refractivity contribution in [3.8, 4) is 0 Å². The van der Waals surface area contributed by atoms with Crippen molar-refractivity contribution in [2.45, 2.75) is 18.4 Å². The van der Waals surface area contributed by atoms with Gasteiger partial charge in [-0.15, -0.1) is 0 Å². The Bertz CT molecular complexity index is 449. The fourth-order valence-corrected chi connectivity index (χ4v) is 1.12. The van der Waals surface area contributed by atoms with E-state index >= 15 is 0 Å². The molecule has 0 unspecified atom stereocenters. The normalized spacial score (nSPS) is 13.3. The Morgan fingerprint density at radius 1 is 1.15 bits per heavy atom. The second-order valence-electron chi connectivity index (χ2n) is 3.79. The second kappa shape index (κ2) is 7.79. The van der Waals surface area contributed by atoms with E-state index in [-0.39, 0.29) is 5.78 Å². The molecule has 1 aliphatic rings. The lowest BCUT2D eigenvalue weighted by molar-refractivity contribution is -0.170. The molecule has 9 nitrogen and oxygen atoms in total. The van der Waals surface area contributed by atoms with Crippen LogP contribution in [-0.2, 0) is 19.2 Å². The van der Waals surface area contributed by atoms with Gasteiger partial charge in [0, 0.05) is 6.21 Å². The van der Waals surface area contributed by atoms with Gasteiger partial charge in [0.15, 0.2) is 11.4 Å². The molecule has 0 amide bonds. The predicted molar refractivity (Wildman–Crippen MR) is 64.6 cm³/mol. The molecule has 0 radical (unpaired) electrons. The van der Waals surface area contributed by atoms with E-state index in [2.05, 4.69) is 4.99 Å². The molecule has 0 fully saturated rings. The highest BCUT2D eigenvalue weighted by molar-refractivity contribution is 5.98. The maximum Gasteiger partial charge on any atom is 0.336 e. The Morgan fingerprint density at radius 2 is 1.65 bits per heavy atom. The lowest BCUT2D eigenvalue weighted by Crippen LogP contribution is -2.42. The summed E-state index contributed by atoms with van der Waals surface area (Å²) in [6, 6.07) is 0. The van der Waals surface area contributed by atoms with Crippen LogP contribution in [0.2, 0.25) is 0 Å². The van der Waals surface area contributed by atoms with Gasteiger partial charge in [-0.1, -0.05) is 0 Å². The van der Waals surface area contributed by atoms with Crippen LogP contribution in [0.5, 0.6) is 0 Å². The first-order valence-electron chi connectivity index (χ1n) is 5.26. The molecule has 0 aromatic rings. The number of carbonyl (C=O) groups excluding carboxylic acids is 1. The summed E-state index contributed by atoms with van der Waals surface area (Å²) < 4.78 is 0. The molecule has 4 N–H and O–H groups in total. The number of aliphatic imine (C=N–C) groups is 1. The van der Waals surface area contributed by atoms with E-state index in [1.165, 1.54) is 6.08 Å². The van der Waals surface area contributed by atoms with Crippen molar-refractivity contribution < 1.29 is 39.6 Å². The third-order valence-corrected chi connectivity index (χ3v) is 2.01. The number of nitrogens with zero attached hydrogens (tertiary/aromatic N) is 1. The Hall–Kier alpha value is -2.55. The minimum atomic E-state index is -2.74. The molecule has 0 aliphatic carbocycles. The minimum absolute atomic E-state index is 0.0856. The van der Waals surface area contributed by atoms with Gasteiger partial charge >= 0.3 is 17.9 Å². The highest BCUT2D eigenvalue weighted by Crippen LogP contribution is 2.15. The molecule has 1 aliphatic heterocycles. The molecule has 110 valence electrons. The van der Waals surface area contributed by atoms with Gasteiger partial charge in [-0.2, -0.15) is 0 Å². The average molecular weight is 287 g/mol. The molecule has 0 aromatic heterocycles. The van der Waals surface area contributed by atoms with Crippen LogP contribution in [0.25, 0.3) is 0 Å². The quantitative estimate of drug-likeness (QED) is 0.497. The Morgan fingerprint density at radius 3 is 1.85 bits per heavy atom. The minimum Gasteiger partial charge on any atom is -0.481 e. The van der Waals surface area contributed by atoms with E-state index in [0.29, 0.717) is 6.54 Å². The van der Waals surface area contributed by atoms with E-state index < -0.39 is 36.4 Å². The van der Waals surface area contributed by atoms with Crippen LogP contribution >= 0.6 is 0 Å². The van der Waals surface area contributed by atoms with Crippen molar-refractivity contribution in [3.05, 3.63) is 12.2 Å². The Kier molecular flexibility index (Phi) is 6.80. The van der Waals surface area contributed by atoms with Crippen molar-refractivity contribution in [3.63, 3.8) is 0 Å². The molecular formula is C11H13NO8. The number of aliphatic carboxylic acids is 3. The molecule has 0 atom stereocenters. The van der Waals surface area contributed by atoms with Gasteiger partial charge < -0.3 is 20.4 Å². The lowest BCUT2D eigenvalue weighted by Gasteiger charge is -2.18. The van der Waals surface area contributed by atoms with Gasteiger partial charge in [0.05, 0.1) is 12.8 Å². The summed E-state index contributed by atoms with van der Waals surface area (Å²) in [6.45, 7) is 0.330. The molecule has 0 spiro atoms. The number of carbonyl (C=O) groups is 4. The molecule has 1 heterocycles. The van der Waals surface area contributed by atoms with Gasteiger partial charge in [0.25, 0.3) is 0 Å². The summed E-state index contributed by atoms with van der Waals surface area (Å²) in [5.41, 5.74) is -2.74. The number of aliphatic hydroxyl groups is 1. The van der Waals surface area contributed by atoms with Gasteiger partial charge in [0.1, 0.15) is 6.54 Å². The van der Waals surface area contributed by atoms with Crippen LogP contribution in [0.4, 0.5) is 0 Å². The highest BCUT2D eigenvalue weighted by atomic mass is 16.4. The third-order valence-electron chi connectivity index (χ3n) is 2.01. The van der Waals surface area contributed by atoms with Crippen molar-refractivity contribution in [2.24, 2.45) is 4.99 Å². The SMILES string of the molecule is O=C(O)CC(O)(CC(=O)O)C(=O)O.O=C1C=CC=NC1. The van der Waals surface area contributed by atoms with Crippen molar-refractivity contribution >= 4 is 29.9 Å². The Balaban J connectivity index is 0.000000428. The van der Waals surface area contributed by atoms with Gasteiger partial charge in [-0.3, -0.25) is 19.4 Å². The largest absolute Gasteiger partial charge is 0.481 e. The number of ketones is 1. The smallest absolute Gasteiger partial charge is 0.336 e. The van der Waals surface area contributed by atoms with Gasteiger partial charge in [-0.05, 0) is 12.2 Å². The summed E-state index contributed by atoms with van der Waals surface area (Å²) >= 11 is 0. The van der Waals surface area contributed by atoms with Crippen LogP contribution in [0, 0.1) is 0 Å². The van der Waals surface area contributed by atoms with Crippen molar-refractivity contribution in [1.29, 1.82) is 0 Å². The first kappa shape index (κ1) is 17.4. The number of carboxylic acids is 3. The van der Waals surface area contributed by atoms with Crippen molar-refractivity contribution in [2.75, 3.05) is 6.54 Å². The maximum absolute atomic E-state index is 10.3. The number of dihydropyridines is 1. The molecule has 0 saturated carbocycles. The topological polar surface area (TPSA) is 162 Å². The molecule has 0 saturated heterocycles. The van der Waals surface area contributed by atoms with E-state index in [9.17, 15) is 19.2 Å². The van der Waals surface area contributed by atoms with Crippen LogP contribution in [-0.4, -0.2) is 62.5 Å². The first-order chi connectivity index (χ1) is 9.17. The zero-order valence-electron chi connectivity index (χ0n) is 10.2. The molecular weight excluding hydrogens is 274 g/mol. The number of allylic oxidation sites excluding steroid dienone is 1. The zero-order valence-corrected chi connectivity index (χ0v) is 10.2. The van der Waals surface area contributed by atoms with E-state index in [4.69, 9.17) is 20.4 Å². The number of carboxylic acid groups (broad SMARTS) is 3. The Labute approximate surface area is 112 Å². The number of rotatable bonds is 5. The molecule has 20 heavy (non-hydrogen) atoms. The van der Waals surface area contributed by atoms with Crippen LogP contribution in [0.3, 0.4) is 0 Å². The summed E-state index contributed by atoms with van der Waals surface area (Å²) in [4.78, 5) is 44.4.